The van der Waals surface area contributed by atoms with Gasteiger partial charge < -0.3 is 28.9 Å². The summed E-state index contributed by atoms with van der Waals surface area (Å²) in [6.45, 7) is 11.0. The molecule has 12 rings (SSSR count). The van der Waals surface area contributed by atoms with Gasteiger partial charge in [-0.25, -0.2) is 13.8 Å². The summed E-state index contributed by atoms with van der Waals surface area (Å²) in [7, 11) is 2.15. The van der Waals surface area contributed by atoms with Crippen molar-refractivity contribution in [1.29, 1.82) is 0 Å². The molecule has 1 unspecified atom stereocenters. The van der Waals surface area contributed by atoms with Gasteiger partial charge in [0.25, 0.3) is 18.2 Å². The first-order valence-electron chi connectivity index (χ1n) is 26.2. The molecule has 7 aliphatic heterocycles. The quantitative estimate of drug-likeness (QED) is 0.177. The molecule has 3 aromatic heterocycles. The zero-order valence-electron chi connectivity index (χ0n) is 41.6. The molecule has 1 N–H and O–H groups in total. The van der Waals surface area contributed by atoms with E-state index in [-0.39, 0.29) is 41.5 Å². The van der Waals surface area contributed by atoms with Gasteiger partial charge in [-0.15, -0.1) is 0 Å². The van der Waals surface area contributed by atoms with E-state index in [0.717, 1.165) is 148 Å². The lowest BCUT2D eigenvalue weighted by molar-refractivity contribution is -0.136. The van der Waals surface area contributed by atoms with Crippen LogP contribution in [0.3, 0.4) is 0 Å². The summed E-state index contributed by atoms with van der Waals surface area (Å²) in [5.74, 6) is -0.762. The number of carbonyl (C=O) groups excluding carboxylic acids is 5. The molecule has 4 saturated heterocycles. The molecular formula is C54H62F2N12O5. The Morgan fingerprint density at radius 1 is 0.781 bits per heavy atom. The van der Waals surface area contributed by atoms with Crippen LogP contribution in [0.2, 0.25) is 0 Å². The molecule has 0 bridgehead atoms. The van der Waals surface area contributed by atoms with Gasteiger partial charge in [0, 0.05) is 131 Å². The molecule has 0 radical (unpaired) electrons. The Bertz CT molecular complexity index is 3040. The van der Waals surface area contributed by atoms with Gasteiger partial charge in [-0.05, 0) is 119 Å². The average Bonchev–Trinajstić information content (AvgIpc) is 4.09. The van der Waals surface area contributed by atoms with E-state index in [9.17, 15) is 24.0 Å². The van der Waals surface area contributed by atoms with Crippen LogP contribution in [0.15, 0.2) is 55.0 Å². The first kappa shape index (κ1) is 47.3. The number of nitrogens with one attached hydrogen (secondary N) is 1. The minimum Gasteiger partial charge on any atom is -0.371 e. The number of piperidine rings is 3. The first-order valence-corrected chi connectivity index (χ1v) is 26.2. The highest BCUT2D eigenvalue weighted by molar-refractivity contribution is 6.23. The van der Waals surface area contributed by atoms with E-state index in [0.29, 0.717) is 43.2 Å². The van der Waals surface area contributed by atoms with Gasteiger partial charge >= 0.3 is 0 Å². The topological polar surface area (TPSA) is 155 Å². The number of alkyl halides is 2. The SMILES string of the molecule is CC(=O)N1CCc2c(c(N3CCCc4cc(-c5cc6nccn6cc5N5CCN(CC6CCN(c7ccc8c(c7)C(=O)N(C7CCC(=O)NC7=O)C8=O)CC6)CC5)c(C(F)F)cc43)nn2C2CCN(C)CC2)C1. The van der Waals surface area contributed by atoms with E-state index >= 15 is 8.78 Å². The second kappa shape index (κ2) is 19.0. The van der Waals surface area contributed by atoms with Crippen LogP contribution >= 0.6 is 0 Å². The third-order valence-corrected chi connectivity index (χ3v) is 16.8. The predicted octanol–water partition coefficient (Wildman–Crippen LogP) is 5.83. The van der Waals surface area contributed by atoms with Crippen LogP contribution in [0, 0.1) is 5.92 Å². The summed E-state index contributed by atoms with van der Waals surface area (Å²) >= 11 is 0. The molecule has 382 valence electrons. The summed E-state index contributed by atoms with van der Waals surface area (Å²) in [6, 6.07) is 10.2. The van der Waals surface area contributed by atoms with Crippen LogP contribution < -0.4 is 20.0 Å². The van der Waals surface area contributed by atoms with Gasteiger partial charge in [-0.1, -0.05) is 0 Å². The van der Waals surface area contributed by atoms with Crippen LogP contribution in [0.1, 0.15) is 107 Å². The van der Waals surface area contributed by atoms with E-state index in [1.807, 2.05) is 39.9 Å². The Hall–Kier alpha value is -6.73. The number of anilines is 4. The zero-order valence-corrected chi connectivity index (χ0v) is 41.6. The van der Waals surface area contributed by atoms with Crippen molar-refractivity contribution in [3.63, 3.8) is 0 Å². The number of piperazine rings is 1. The normalized spacial score (nSPS) is 21.7. The number of carbonyl (C=O) groups is 5. The zero-order chi connectivity index (χ0) is 50.2. The molecule has 0 aliphatic carbocycles. The lowest BCUT2D eigenvalue weighted by Crippen LogP contribution is -2.54. The molecule has 0 spiro atoms. The predicted molar refractivity (Wildman–Crippen MR) is 270 cm³/mol. The molecule has 10 heterocycles. The van der Waals surface area contributed by atoms with Crippen molar-refractivity contribution in [3.8, 4) is 11.1 Å². The Balaban J connectivity index is 0.751. The maximum atomic E-state index is 15.7. The summed E-state index contributed by atoms with van der Waals surface area (Å²) in [5, 5.41) is 7.60. The number of aryl methyl sites for hydroxylation is 1. The number of aromatic nitrogens is 4. The van der Waals surface area contributed by atoms with E-state index in [4.69, 9.17) is 5.10 Å². The number of likely N-dealkylation sites (tertiary alicyclic amines) is 1. The van der Waals surface area contributed by atoms with E-state index in [1.165, 1.54) is 0 Å². The fraction of sp³-hybridized carbons (Fsp3) is 0.500. The van der Waals surface area contributed by atoms with Gasteiger partial charge in [-0.2, -0.15) is 5.10 Å². The Morgan fingerprint density at radius 2 is 1.56 bits per heavy atom. The van der Waals surface area contributed by atoms with Gasteiger partial charge in [0.1, 0.15) is 11.7 Å². The molecular weight excluding hydrogens is 935 g/mol. The Labute approximate surface area is 422 Å². The number of hydrogen-bond acceptors (Lipinski definition) is 12. The monoisotopic (exact) mass is 996 g/mol. The molecule has 5 amide bonds. The van der Waals surface area contributed by atoms with Crippen LogP contribution in [0.25, 0.3) is 16.8 Å². The largest absolute Gasteiger partial charge is 0.371 e. The molecule has 2 aromatic carbocycles. The number of halogens is 2. The highest BCUT2D eigenvalue weighted by Gasteiger charge is 2.45. The summed E-state index contributed by atoms with van der Waals surface area (Å²) in [6.07, 6.45) is 9.33. The number of benzene rings is 2. The van der Waals surface area contributed by atoms with E-state index in [1.54, 1.807) is 31.3 Å². The number of rotatable bonds is 9. The fourth-order valence-corrected chi connectivity index (χ4v) is 12.7. The molecule has 73 heavy (non-hydrogen) atoms. The van der Waals surface area contributed by atoms with Crippen molar-refractivity contribution < 1.29 is 32.8 Å². The lowest BCUT2D eigenvalue weighted by atomic mass is 9.91. The molecule has 0 saturated carbocycles. The van der Waals surface area contributed by atoms with Crippen molar-refractivity contribution in [3.05, 3.63) is 88.5 Å². The summed E-state index contributed by atoms with van der Waals surface area (Å²) < 4.78 is 35.6. The number of imidazole rings is 1. The molecule has 5 aromatic rings. The minimum atomic E-state index is -2.74. The third-order valence-electron chi connectivity index (χ3n) is 16.8. The maximum absolute atomic E-state index is 15.7. The average molecular weight is 997 g/mol. The lowest BCUT2D eigenvalue weighted by Gasteiger charge is -2.40. The second-order valence-corrected chi connectivity index (χ2v) is 21.2. The Morgan fingerprint density at radius 3 is 2.32 bits per heavy atom. The van der Waals surface area contributed by atoms with Crippen molar-refractivity contribution in [1.82, 2.24) is 44.1 Å². The van der Waals surface area contributed by atoms with Gasteiger partial charge in [-0.3, -0.25) is 43.8 Å². The smallest absolute Gasteiger partial charge is 0.264 e. The minimum absolute atomic E-state index is 0.0176. The summed E-state index contributed by atoms with van der Waals surface area (Å²) in [4.78, 5) is 82.9. The van der Waals surface area contributed by atoms with Crippen LogP contribution in [0.5, 0.6) is 0 Å². The van der Waals surface area contributed by atoms with Crippen LogP contribution in [0.4, 0.5) is 31.7 Å². The summed E-state index contributed by atoms with van der Waals surface area (Å²) in [5.41, 5.74) is 8.25. The Kier molecular flexibility index (Phi) is 12.3. The molecule has 1 atom stereocenters. The third kappa shape index (κ3) is 8.60. The molecule has 17 nitrogen and oxygen atoms in total. The number of hydrogen-bond donors (Lipinski definition) is 1. The number of pyridine rings is 1. The highest BCUT2D eigenvalue weighted by atomic mass is 19.3. The van der Waals surface area contributed by atoms with Gasteiger partial charge in [0.2, 0.25) is 17.7 Å². The molecule has 7 aliphatic rings. The van der Waals surface area contributed by atoms with Gasteiger partial charge in [0.05, 0.1) is 29.4 Å². The number of imide groups is 2. The van der Waals surface area contributed by atoms with E-state index < -0.39 is 36.1 Å². The fourth-order valence-electron chi connectivity index (χ4n) is 12.7. The number of nitrogens with zero attached hydrogens (tertiary/aromatic N) is 11. The highest BCUT2D eigenvalue weighted by Crippen LogP contribution is 2.46. The van der Waals surface area contributed by atoms with Crippen molar-refractivity contribution in [2.24, 2.45) is 5.92 Å². The first-order chi connectivity index (χ1) is 35.4. The molecule has 4 fully saturated rings. The second-order valence-electron chi connectivity index (χ2n) is 21.2. The maximum Gasteiger partial charge on any atom is 0.264 e. The van der Waals surface area contributed by atoms with Crippen LogP contribution in [-0.2, 0) is 33.8 Å². The van der Waals surface area contributed by atoms with Crippen LogP contribution in [-0.4, -0.2) is 153 Å². The van der Waals surface area contributed by atoms with Crippen molar-refractivity contribution in [2.45, 2.75) is 89.8 Å². The van der Waals surface area contributed by atoms with Crippen molar-refractivity contribution >= 4 is 58.1 Å². The van der Waals surface area contributed by atoms with Crippen molar-refractivity contribution in [2.75, 3.05) is 93.7 Å². The number of fused-ring (bicyclic) bond motifs is 4. The van der Waals surface area contributed by atoms with Gasteiger partial charge in [0.15, 0.2) is 5.82 Å². The molecule has 19 heteroatoms. The number of amides is 5. The standard InChI is InChI=1S/C54H62F2N12O5/c1-33(69)64-20-13-44-43(31-64)51(59-68(44)36-11-16-60(2)17-12-36)66-15-3-4-35-26-39(41(50(55)56)28-46(35)66)40-29-48-57-14-21-65(48)32-47(40)63-24-22-61(23-25-63)30-34-9-18-62(19-10-34)37-5-6-38-42(27-37)54(73)67(53(38)72)45-7-8-49(70)58-52(45)71/h5-6,14,21,26-29,32,34,36,45,50H,3-4,7-13,15-20,22-25,30-31H2,1-2H3,(H,58,70,71). The van der Waals surface area contributed by atoms with E-state index in [2.05, 4.69) is 46.5 Å².